The number of pyridine rings is 1. The van der Waals surface area contributed by atoms with Crippen molar-refractivity contribution in [3.63, 3.8) is 0 Å². The van der Waals surface area contributed by atoms with Gasteiger partial charge < -0.3 is 9.47 Å². The molecule has 0 bridgehead atoms. The summed E-state index contributed by atoms with van der Waals surface area (Å²) in [5.41, 5.74) is 0. The van der Waals surface area contributed by atoms with Gasteiger partial charge in [-0.25, -0.2) is 4.57 Å². The first-order chi connectivity index (χ1) is 9.22. The molecule has 0 saturated carbocycles. The van der Waals surface area contributed by atoms with Crippen molar-refractivity contribution >= 4 is 21.5 Å². The van der Waals surface area contributed by atoms with Crippen LogP contribution in [0.3, 0.4) is 0 Å². The van der Waals surface area contributed by atoms with Crippen LogP contribution in [0.4, 0.5) is 0 Å². The van der Waals surface area contributed by atoms with Gasteiger partial charge in [-0.15, -0.1) is 0 Å². The molecule has 0 atom stereocenters. The fourth-order valence-electron chi connectivity index (χ4n) is 2.45. The molecule has 3 aromatic rings. The summed E-state index contributed by atoms with van der Waals surface area (Å²) in [6.07, 6.45) is 4.16. The van der Waals surface area contributed by atoms with Gasteiger partial charge in [-0.2, -0.15) is 0 Å². The molecule has 96 valence electrons. The van der Waals surface area contributed by atoms with E-state index in [9.17, 15) is 0 Å². The predicted octanol–water partition coefficient (Wildman–Crippen LogP) is 2.83. The average molecular weight is 254 g/mol. The van der Waals surface area contributed by atoms with E-state index >= 15 is 0 Å². The van der Waals surface area contributed by atoms with E-state index in [1.54, 1.807) is 14.2 Å². The predicted molar refractivity (Wildman–Crippen MR) is 75.7 cm³/mol. The summed E-state index contributed by atoms with van der Waals surface area (Å²) in [7, 11) is 5.36. The molecule has 0 aliphatic carbocycles. The van der Waals surface area contributed by atoms with Crippen LogP contribution in [0, 0.1) is 0 Å². The number of aryl methyl sites for hydroxylation is 1. The molecule has 0 amide bonds. The van der Waals surface area contributed by atoms with Crippen molar-refractivity contribution in [3.8, 4) is 11.5 Å². The number of hydrogen-bond acceptors (Lipinski definition) is 2. The second-order valence-corrected chi connectivity index (χ2v) is 4.61. The Morgan fingerprint density at radius 3 is 2.47 bits per heavy atom. The first kappa shape index (κ1) is 11.8. The van der Waals surface area contributed by atoms with E-state index < -0.39 is 0 Å². The molecule has 1 aromatic heterocycles. The summed E-state index contributed by atoms with van der Waals surface area (Å²) in [6.45, 7) is 0. The molecule has 0 fully saturated rings. The standard InChI is InChI=1S/C16H16NO2/c1-17-7-6-11-9-14-12(8-13(11)10-17)4-5-15(18-2)16(14)19-3/h4-10H,1-3H3/q+1. The maximum absolute atomic E-state index is 5.49. The molecule has 0 radical (unpaired) electrons. The second kappa shape index (κ2) is 4.43. The zero-order valence-corrected chi connectivity index (χ0v) is 11.3. The fraction of sp³-hybridized carbons (Fsp3) is 0.188. The van der Waals surface area contributed by atoms with Crippen LogP contribution in [0.1, 0.15) is 0 Å². The van der Waals surface area contributed by atoms with E-state index in [1.807, 2.05) is 19.3 Å². The van der Waals surface area contributed by atoms with Crippen LogP contribution < -0.4 is 14.0 Å². The van der Waals surface area contributed by atoms with Crippen LogP contribution in [-0.4, -0.2) is 14.2 Å². The van der Waals surface area contributed by atoms with Gasteiger partial charge >= 0.3 is 0 Å². The molecule has 2 aromatic carbocycles. The first-order valence-electron chi connectivity index (χ1n) is 6.16. The maximum Gasteiger partial charge on any atom is 0.176 e. The summed E-state index contributed by atoms with van der Waals surface area (Å²) in [6, 6.07) is 10.4. The number of methoxy groups -OCH3 is 2. The van der Waals surface area contributed by atoms with E-state index in [2.05, 4.69) is 35.0 Å². The molecule has 0 saturated heterocycles. The summed E-state index contributed by atoms with van der Waals surface area (Å²) >= 11 is 0. The normalized spacial score (nSPS) is 10.9. The third kappa shape index (κ3) is 1.87. The van der Waals surface area contributed by atoms with Crippen LogP contribution in [0.5, 0.6) is 11.5 Å². The van der Waals surface area contributed by atoms with Crippen LogP contribution in [-0.2, 0) is 7.05 Å². The van der Waals surface area contributed by atoms with Crippen molar-refractivity contribution in [2.75, 3.05) is 14.2 Å². The topological polar surface area (TPSA) is 22.3 Å². The summed E-state index contributed by atoms with van der Waals surface area (Å²) in [4.78, 5) is 0. The van der Waals surface area contributed by atoms with Gasteiger partial charge in [0.05, 0.1) is 14.2 Å². The Labute approximate surface area is 112 Å². The second-order valence-electron chi connectivity index (χ2n) is 4.61. The Morgan fingerprint density at radius 2 is 1.74 bits per heavy atom. The molecule has 0 N–H and O–H groups in total. The molecule has 0 unspecified atom stereocenters. The zero-order chi connectivity index (χ0) is 13.4. The van der Waals surface area contributed by atoms with E-state index in [1.165, 1.54) is 10.8 Å². The lowest BCUT2D eigenvalue weighted by atomic mass is 10.0. The first-order valence-corrected chi connectivity index (χ1v) is 6.16. The monoisotopic (exact) mass is 254 g/mol. The number of aromatic nitrogens is 1. The summed E-state index contributed by atoms with van der Waals surface area (Å²) in [5.74, 6) is 1.55. The molecular formula is C16H16NO2+. The third-order valence-electron chi connectivity index (χ3n) is 3.39. The Hall–Kier alpha value is -2.29. The highest BCUT2D eigenvalue weighted by Crippen LogP contribution is 2.36. The lowest BCUT2D eigenvalue weighted by molar-refractivity contribution is -0.670. The number of nitrogens with zero attached hydrogens (tertiary/aromatic N) is 1. The smallest absolute Gasteiger partial charge is 0.176 e. The van der Waals surface area contributed by atoms with Crippen molar-refractivity contribution in [2.45, 2.75) is 0 Å². The van der Waals surface area contributed by atoms with Gasteiger partial charge in [0, 0.05) is 16.8 Å². The number of benzene rings is 2. The third-order valence-corrected chi connectivity index (χ3v) is 3.39. The van der Waals surface area contributed by atoms with Crippen LogP contribution in [0.2, 0.25) is 0 Å². The Bertz CT molecular complexity index is 765. The highest BCUT2D eigenvalue weighted by molar-refractivity contribution is 6.01. The fourth-order valence-corrected chi connectivity index (χ4v) is 2.45. The highest BCUT2D eigenvalue weighted by atomic mass is 16.5. The van der Waals surface area contributed by atoms with Crippen LogP contribution in [0.15, 0.2) is 42.7 Å². The number of fused-ring (bicyclic) bond motifs is 2. The van der Waals surface area contributed by atoms with Crippen molar-refractivity contribution < 1.29 is 14.0 Å². The summed E-state index contributed by atoms with van der Waals surface area (Å²) < 4.78 is 12.9. The molecule has 0 aliphatic heterocycles. The average Bonchev–Trinajstić information content (AvgIpc) is 2.43. The molecule has 19 heavy (non-hydrogen) atoms. The highest BCUT2D eigenvalue weighted by Gasteiger charge is 2.10. The van der Waals surface area contributed by atoms with Crippen LogP contribution in [0.25, 0.3) is 21.5 Å². The van der Waals surface area contributed by atoms with E-state index in [0.717, 1.165) is 22.3 Å². The minimum Gasteiger partial charge on any atom is -0.493 e. The minimum absolute atomic E-state index is 0.760. The Morgan fingerprint density at radius 1 is 0.895 bits per heavy atom. The van der Waals surface area contributed by atoms with Gasteiger partial charge in [-0.05, 0) is 29.0 Å². The molecule has 0 aliphatic rings. The Kier molecular flexibility index (Phi) is 2.75. The lowest BCUT2D eigenvalue weighted by Crippen LogP contribution is -2.25. The van der Waals surface area contributed by atoms with Crippen LogP contribution >= 0.6 is 0 Å². The van der Waals surface area contributed by atoms with E-state index in [-0.39, 0.29) is 0 Å². The van der Waals surface area contributed by atoms with Gasteiger partial charge in [0.1, 0.15) is 7.05 Å². The lowest BCUT2D eigenvalue weighted by Gasteiger charge is -2.11. The van der Waals surface area contributed by atoms with Crippen molar-refractivity contribution in [2.24, 2.45) is 7.05 Å². The van der Waals surface area contributed by atoms with Gasteiger partial charge in [0.15, 0.2) is 23.9 Å². The molecule has 0 spiro atoms. The molecule has 3 heteroatoms. The largest absolute Gasteiger partial charge is 0.493 e. The minimum atomic E-state index is 0.760. The van der Waals surface area contributed by atoms with Gasteiger partial charge in [0.2, 0.25) is 0 Å². The Balaban J connectivity index is 2.40. The molecule has 3 nitrogen and oxygen atoms in total. The molecular weight excluding hydrogens is 238 g/mol. The van der Waals surface area contributed by atoms with Gasteiger partial charge in [-0.1, -0.05) is 6.07 Å². The van der Waals surface area contributed by atoms with E-state index in [4.69, 9.17) is 9.47 Å². The van der Waals surface area contributed by atoms with Crippen molar-refractivity contribution in [3.05, 3.63) is 42.7 Å². The van der Waals surface area contributed by atoms with Gasteiger partial charge in [-0.3, -0.25) is 0 Å². The molecule has 1 heterocycles. The number of hydrogen-bond donors (Lipinski definition) is 0. The number of rotatable bonds is 2. The zero-order valence-electron chi connectivity index (χ0n) is 11.3. The number of ether oxygens (including phenoxy) is 2. The maximum atomic E-state index is 5.49. The quantitative estimate of drug-likeness (QED) is 0.518. The van der Waals surface area contributed by atoms with Gasteiger partial charge in [0.25, 0.3) is 0 Å². The van der Waals surface area contributed by atoms with Crippen molar-refractivity contribution in [1.82, 2.24) is 0 Å². The molecule has 3 rings (SSSR count). The summed E-state index contributed by atoms with van der Waals surface area (Å²) in [5, 5.41) is 4.63. The van der Waals surface area contributed by atoms with E-state index in [0.29, 0.717) is 0 Å². The van der Waals surface area contributed by atoms with Crippen molar-refractivity contribution in [1.29, 1.82) is 0 Å². The SMILES string of the molecule is COc1ccc2cc3c[n+](C)ccc3cc2c1OC.